The van der Waals surface area contributed by atoms with E-state index in [0.717, 1.165) is 31.8 Å². The summed E-state index contributed by atoms with van der Waals surface area (Å²) in [4.78, 5) is 17.6. The molecule has 1 amide bonds. The maximum atomic E-state index is 13.1. The minimum atomic E-state index is -0.195. The molecule has 0 aliphatic carbocycles. The molecule has 30 heavy (non-hydrogen) atoms. The van der Waals surface area contributed by atoms with E-state index in [1.165, 1.54) is 16.8 Å². The smallest absolute Gasteiger partial charge is 0.241 e. The summed E-state index contributed by atoms with van der Waals surface area (Å²) in [5.74, 6) is 1.06. The first-order chi connectivity index (χ1) is 14.5. The first-order valence-electron chi connectivity index (χ1n) is 10.9. The van der Waals surface area contributed by atoms with Crippen LogP contribution in [0.4, 0.5) is 5.69 Å². The SMILES string of the molecule is CCOc1ccc(C2CC(C(=O)N3CCN(c4cccc(C)c4)C(C)C3)NN2)cc1. The van der Waals surface area contributed by atoms with E-state index in [2.05, 4.69) is 66.0 Å². The number of rotatable bonds is 5. The van der Waals surface area contributed by atoms with Gasteiger partial charge in [0, 0.05) is 37.4 Å². The van der Waals surface area contributed by atoms with Gasteiger partial charge in [0.2, 0.25) is 5.91 Å². The summed E-state index contributed by atoms with van der Waals surface area (Å²) in [5.41, 5.74) is 10.2. The fraction of sp³-hybridized carbons (Fsp3) is 0.458. The second-order valence-electron chi connectivity index (χ2n) is 8.30. The van der Waals surface area contributed by atoms with Gasteiger partial charge < -0.3 is 14.5 Å². The number of anilines is 1. The van der Waals surface area contributed by atoms with Crippen molar-refractivity contribution in [2.75, 3.05) is 31.1 Å². The monoisotopic (exact) mass is 408 g/mol. The van der Waals surface area contributed by atoms with Crippen molar-refractivity contribution in [1.29, 1.82) is 0 Å². The molecule has 6 nitrogen and oxygen atoms in total. The van der Waals surface area contributed by atoms with Gasteiger partial charge in [0.1, 0.15) is 11.8 Å². The molecule has 0 spiro atoms. The van der Waals surface area contributed by atoms with E-state index in [-0.39, 0.29) is 18.0 Å². The number of nitrogens with zero attached hydrogens (tertiary/aromatic N) is 2. The number of aryl methyl sites for hydroxylation is 1. The highest BCUT2D eigenvalue weighted by atomic mass is 16.5. The largest absolute Gasteiger partial charge is 0.494 e. The number of ether oxygens (including phenoxy) is 1. The molecule has 0 saturated carbocycles. The van der Waals surface area contributed by atoms with Gasteiger partial charge in [-0.3, -0.25) is 4.79 Å². The summed E-state index contributed by atoms with van der Waals surface area (Å²) in [6.45, 7) is 9.32. The van der Waals surface area contributed by atoms with Gasteiger partial charge in [-0.1, -0.05) is 24.3 Å². The van der Waals surface area contributed by atoms with Crippen LogP contribution in [-0.4, -0.2) is 49.1 Å². The van der Waals surface area contributed by atoms with Crippen LogP contribution in [0.2, 0.25) is 0 Å². The van der Waals surface area contributed by atoms with E-state index >= 15 is 0 Å². The molecule has 6 heteroatoms. The van der Waals surface area contributed by atoms with Crippen molar-refractivity contribution < 1.29 is 9.53 Å². The first kappa shape index (κ1) is 20.7. The van der Waals surface area contributed by atoms with Gasteiger partial charge in [-0.15, -0.1) is 0 Å². The molecule has 2 fully saturated rings. The maximum Gasteiger partial charge on any atom is 0.241 e. The second kappa shape index (κ2) is 9.06. The summed E-state index contributed by atoms with van der Waals surface area (Å²) < 4.78 is 5.52. The molecule has 0 radical (unpaired) electrons. The van der Waals surface area contributed by atoms with Crippen LogP contribution in [0.5, 0.6) is 5.75 Å². The maximum absolute atomic E-state index is 13.1. The molecule has 3 unspecified atom stereocenters. The molecule has 2 saturated heterocycles. The average molecular weight is 409 g/mol. The van der Waals surface area contributed by atoms with Crippen molar-refractivity contribution in [3.63, 3.8) is 0 Å². The number of carbonyl (C=O) groups excluding carboxylic acids is 1. The van der Waals surface area contributed by atoms with Crippen molar-refractivity contribution in [2.24, 2.45) is 0 Å². The lowest BCUT2D eigenvalue weighted by molar-refractivity contribution is -0.134. The Morgan fingerprint density at radius 3 is 2.63 bits per heavy atom. The molecule has 2 aliphatic rings. The number of hydrogen-bond acceptors (Lipinski definition) is 5. The van der Waals surface area contributed by atoms with Crippen LogP contribution in [-0.2, 0) is 4.79 Å². The van der Waals surface area contributed by atoms with E-state index in [4.69, 9.17) is 4.74 Å². The Morgan fingerprint density at radius 1 is 1.13 bits per heavy atom. The predicted molar refractivity (Wildman–Crippen MR) is 120 cm³/mol. The molecule has 2 aliphatic heterocycles. The third-order valence-corrected chi connectivity index (χ3v) is 6.07. The molecular weight excluding hydrogens is 376 g/mol. The Morgan fingerprint density at radius 2 is 1.93 bits per heavy atom. The Labute approximate surface area is 179 Å². The summed E-state index contributed by atoms with van der Waals surface area (Å²) in [6.07, 6.45) is 0.749. The second-order valence-corrected chi connectivity index (χ2v) is 8.30. The number of piperazine rings is 1. The summed E-state index contributed by atoms with van der Waals surface area (Å²) in [7, 11) is 0. The number of nitrogens with one attached hydrogen (secondary N) is 2. The standard InChI is InChI=1S/C24H32N4O2/c1-4-30-21-10-8-19(9-11-21)22-15-23(26-25-22)24(29)27-12-13-28(18(3)16-27)20-7-5-6-17(2)14-20/h5-11,14,18,22-23,25-26H,4,12-13,15-16H2,1-3H3. The normalized spacial score (nSPS) is 24.2. The fourth-order valence-electron chi connectivity index (χ4n) is 4.47. The van der Waals surface area contributed by atoms with Crippen LogP contribution < -0.4 is 20.5 Å². The molecule has 160 valence electrons. The zero-order valence-corrected chi connectivity index (χ0v) is 18.1. The number of carbonyl (C=O) groups is 1. The van der Waals surface area contributed by atoms with E-state index in [1.54, 1.807) is 0 Å². The topological polar surface area (TPSA) is 56.8 Å². The molecule has 0 bridgehead atoms. The van der Waals surface area contributed by atoms with Crippen LogP contribution in [0.15, 0.2) is 48.5 Å². The molecule has 3 atom stereocenters. The third kappa shape index (κ3) is 4.45. The lowest BCUT2D eigenvalue weighted by atomic mass is 10.0. The highest BCUT2D eigenvalue weighted by molar-refractivity contribution is 5.82. The fourth-order valence-corrected chi connectivity index (χ4v) is 4.47. The van der Waals surface area contributed by atoms with Crippen LogP contribution in [0.3, 0.4) is 0 Å². The van der Waals surface area contributed by atoms with Crippen molar-refractivity contribution in [3.8, 4) is 5.75 Å². The van der Waals surface area contributed by atoms with Gasteiger partial charge in [-0.05, 0) is 62.6 Å². The van der Waals surface area contributed by atoms with Crippen LogP contribution in [0.25, 0.3) is 0 Å². The molecule has 2 aromatic rings. The van der Waals surface area contributed by atoms with Gasteiger partial charge in [-0.2, -0.15) is 0 Å². The lowest BCUT2D eigenvalue weighted by Gasteiger charge is -2.42. The van der Waals surface area contributed by atoms with E-state index in [0.29, 0.717) is 12.6 Å². The lowest BCUT2D eigenvalue weighted by Crippen LogP contribution is -2.57. The summed E-state index contributed by atoms with van der Waals surface area (Å²) in [5, 5.41) is 0. The molecule has 4 rings (SSSR count). The number of benzene rings is 2. The Kier molecular flexibility index (Phi) is 6.25. The van der Waals surface area contributed by atoms with Gasteiger partial charge in [0.25, 0.3) is 0 Å². The Hall–Kier alpha value is -2.57. The molecular formula is C24H32N4O2. The molecule has 2 heterocycles. The summed E-state index contributed by atoms with van der Waals surface area (Å²) >= 11 is 0. The predicted octanol–water partition coefficient (Wildman–Crippen LogP) is 3.04. The van der Waals surface area contributed by atoms with Gasteiger partial charge in [0.15, 0.2) is 0 Å². The molecule has 2 N–H and O–H groups in total. The average Bonchev–Trinajstić information content (AvgIpc) is 3.24. The van der Waals surface area contributed by atoms with Gasteiger partial charge >= 0.3 is 0 Å². The van der Waals surface area contributed by atoms with Crippen molar-refractivity contribution in [1.82, 2.24) is 15.8 Å². The van der Waals surface area contributed by atoms with Crippen molar-refractivity contribution in [3.05, 3.63) is 59.7 Å². The van der Waals surface area contributed by atoms with Crippen LogP contribution in [0.1, 0.15) is 37.4 Å². The highest BCUT2D eigenvalue weighted by Gasteiger charge is 2.35. The van der Waals surface area contributed by atoms with Crippen LogP contribution in [0, 0.1) is 6.92 Å². The Balaban J connectivity index is 1.34. The summed E-state index contributed by atoms with van der Waals surface area (Å²) in [6, 6.07) is 16.9. The van der Waals surface area contributed by atoms with E-state index in [1.807, 2.05) is 24.0 Å². The van der Waals surface area contributed by atoms with E-state index < -0.39 is 0 Å². The van der Waals surface area contributed by atoms with Crippen LogP contribution >= 0.6 is 0 Å². The van der Waals surface area contributed by atoms with Gasteiger partial charge in [-0.25, -0.2) is 10.9 Å². The van der Waals surface area contributed by atoms with Crippen molar-refractivity contribution in [2.45, 2.75) is 45.3 Å². The minimum Gasteiger partial charge on any atom is -0.494 e. The molecule has 0 aromatic heterocycles. The number of hydrogen-bond donors (Lipinski definition) is 2. The van der Waals surface area contributed by atoms with E-state index in [9.17, 15) is 4.79 Å². The number of hydrazine groups is 1. The minimum absolute atomic E-state index is 0.126. The van der Waals surface area contributed by atoms with Gasteiger partial charge in [0.05, 0.1) is 6.61 Å². The molecule has 2 aromatic carbocycles. The third-order valence-electron chi connectivity index (χ3n) is 6.07. The number of amides is 1. The Bertz CT molecular complexity index is 870. The van der Waals surface area contributed by atoms with Crippen molar-refractivity contribution >= 4 is 11.6 Å². The zero-order chi connectivity index (χ0) is 21.1. The zero-order valence-electron chi connectivity index (χ0n) is 18.1. The first-order valence-corrected chi connectivity index (χ1v) is 10.9. The highest BCUT2D eigenvalue weighted by Crippen LogP contribution is 2.26. The quantitative estimate of drug-likeness (QED) is 0.797.